The van der Waals surface area contributed by atoms with Gasteiger partial charge in [-0.2, -0.15) is 0 Å². The van der Waals surface area contributed by atoms with E-state index in [1.165, 1.54) is 18.2 Å². The van der Waals surface area contributed by atoms with E-state index in [2.05, 4.69) is 5.32 Å². The van der Waals surface area contributed by atoms with E-state index in [9.17, 15) is 19.7 Å². The molecule has 0 unspecified atom stereocenters. The SMILES string of the molecule is O=C(N[C@H]1CC[C@@H](C(=O)O)C1)c1cc(Cl)ccc1[N+](=O)[O-]. The van der Waals surface area contributed by atoms with Gasteiger partial charge in [-0.15, -0.1) is 0 Å². The zero-order valence-corrected chi connectivity index (χ0v) is 11.7. The smallest absolute Gasteiger partial charge is 0.306 e. The maximum atomic E-state index is 12.1. The zero-order chi connectivity index (χ0) is 15.6. The van der Waals surface area contributed by atoms with E-state index in [0.29, 0.717) is 19.3 Å². The normalized spacial score (nSPS) is 21.0. The number of aliphatic carboxylic acids is 1. The molecule has 1 amide bonds. The monoisotopic (exact) mass is 312 g/mol. The molecule has 0 heterocycles. The first-order valence-corrected chi connectivity index (χ1v) is 6.74. The summed E-state index contributed by atoms with van der Waals surface area (Å²) in [5.74, 6) is -1.98. The molecule has 8 heteroatoms. The van der Waals surface area contributed by atoms with Crippen LogP contribution in [-0.2, 0) is 4.79 Å². The van der Waals surface area contributed by atoms with Crippen LogP contribution in [0.5, 0.6) is 0 Å². The topological polar surface area (TPSA) is 110 Å². The van der Waals surface area contributed by atoms with Crippen LogP contribution in [0.25, 0.3) is 0 Å². The van der Waals surface area contributed by atoms with Crippen LogP contribution in [0, 0.1) is 16.0 Å². The summed E-state index contributed by atoms with van der Waals surface area (Å²) in [6, 6.07) is 3.45. The maximum absolute atomic E-state index is 12.1. The van der Waals surface area contributed by atoms with Gasteiger partial charge in [-0.05, 0) is 31.4 Å². The van der Waals surface area contributed by atoms with Crippen LogP contribution in [0.1, 0.15) is 29.6 Å². The second-order valence-electron chi connectivity index (χ2n) is 4.94. The Bertz CT molecular complexity index is 604. The molecule has 0 aromatic heterocycles. The van der Waals surface area contributed by atoms with Crippen molar-refractivity contribution < 1.29 is 19.6 Å². The van der Waals surface area contributed by atoms with Gasteiger partial charge in [0.15, 0.2) is 0 Å². The number of nitro benzene ring substituents is 1. The Kier molecular flexibility index (Phi) is 4.42. The number of hydrogen-bond acceptors (Lipinski definition) is 4. The number of carbonyl (C=O) groups is 2. The first kappa shape index (κ1) is 15.2. The summed E-state index contributed by atoms with van der Waals surface area (Å²) < 4.78 is 0. The molecule has 0 saturated heterocycles. The molecule has 7 nitrogen and oxygen atoms in total. The summed E-state index contributed by atoms with van der Waals surface area (Å²) in [5, 5.41) is 22.7. The fourth-order valence-electron chi connectivity index (χ4n) is 2.45. The Hall–Kier alpha value is -2.15. The number of benzene rings is 1. The number of nitrogens with one attached hydrogen (secondary N) is 1. The summed E-state index contributed by atoms with van der Waals surface area (Å²) in [4.78, 5) is 33.3. The number of carboxylic acid groups (broad SMARTS) is 1. The highest BCUT2D eigenvalue weighted by Gasteiger charge is 2.31. The van der Waals surface area contributed by atoms with Crippen LogP contribution in [-0.4, -0.2) is 27.9 Å². The van der Waals surface area contributed by atoms with Crippen LogP contribution in [0.2, 0.25) is 5.02 Å². The lowest BCUT2D eigenvalue weighted by Crippen LogP contribution is -2.33. The van der Waals surface area contributed by atoms with E-state index in [1.807, 2.05) is 0 Å². The minimum absolute atomic E-state index is 0.119. The van der Waals surface area contributed by atoms with E-state index in [4.69, 9.17) is 16.7 Å². The Morgan fingerprint density at radius 2 is 2.10 bits per heavy atom. The van der Waals surface area contributed by atoms with E-state index < -0.39 is 22.7 Å². The second-order valence-corrected chi connectivity index (χ2v) is 5.37. The summed E-state index contributed by atoms with van der Waals surface area (Å²) in [6.45, 7) is 0. The Morgan fingerprint density at radius 3 is 2.67 bits per heavy atom. The van der Waals surface area contributed by atoms with Crippen LogP contribution >= 0.6 is 11.6 Å². The van der Waals surface area contributed by atoms with Gasteiger partial charge in [0.05, 0.1) is 10.8 Å². The molecule has 0 aliphatic heterocycles. The zero-order valence-electron chi connectivity index (χ0n) is 10.9. The molecule has 0 spiro atoms. The lowest BCUT2D eigenvalue weighted by Gasteiger charge is -2.12. The molecular weight excluding hydrogens is 300 g/mol. The molecule has 2 atom stereocenters. The van der Waals surface area contributed by atoms with Gasteiger partial charge in [-0.3, -0.25) is 19.7 Å². The van der Waals surface area contributed by atoms with Crippen molar-refractivity contribution in [2.75, 3.05) is 0 Å². The Morgan fingerprint density at radius 1 is 1.38 bits per heavy atom. The van der Waals surface area contributed by atoms with Gasteiger partial charge in [0, 0.05) is 17.1 Å². The van der Waals surface area contributed by atoms with Gasteiger partial charge < -0.3 is 10.4 Å². The standard InChI is InChI=1S/C13H13ClN2O5/c14-8-2-4-11(16(20)21)10(6-8)12(17)15-9-3-1-7(5-9)13(18)19/h2,4,6-7,9H,1,3,5H2,(H,15,17)(H,18,19)/t7-,9+/m1/s1. The van der Waals surface area contributed by atoms with Gasteiger partial charge in [0.1, 0.15) is 5.56 Å². The number of nitrogens with zero attached hydrogens (tertiary/aromatic N) is 1. The van der Waals surface area contributed by atoms with Crippen molar-refractivity contribution in [3.63, 3.8) is 0 Å². The number of hydrogen-bond donors (Lipinski definition) is 2. The average molecular weight is 313 g/mol. The van der Waals surface area contributed by atoms with Crippen molar-refractivity contribution in [1.82, 2.24) is 5.32 Å². The molecule has 0 radical (unpaired) electrons. The molecule has 2 N–H and O–H groups in total. The predicted molar refractivity (Wildman–Crippen MR) is 74.3 cm³/mol. The fraction of sp³-hybridized carbons (Fsp3) is 0.385. The third kappa shape index (κ3) is 3.49. The van der Waals surface area contributed by atoms with Gasteiger partial charge in [-0.25, -0.2) is 0 Å². The highest BCUT2D eigenvalue weighted by molar-refractivity contribution is 6.31. The van der Waals surface area contributed by atoms with Crippen molar-refractivity contribution in [1.29, 1.82) is 0 Å². The van der Waals surface area contributed by atoms with Crippen molar-refractivity contribution in [2.24, 2.45) is 5.92 Å². The van der Waals surface area contributed by atoms with E-state index in [0.717, 1.165) is 0 Å². The molecule has 1 aliphatic rings. The quantitative estimate of drug-likeness (QED) is 0.654. The van der Waals surface area contributed by atoms with Gasteiger partial charge in [0.25, 0.3) is 11.6 Å². The van der Waals surface area contributed by atoms with Crippen molar-refractivity contribution in [2.45, 2.75) is 25.3 Å². The minimum Gasteiger partial charge on any atom is -0.481 e. The number of halogens is 1. The van der Waals surface area contributed by atoms with Crippen LogP contribution in [0.3, 0.4) is 0 Å². The van der Waals surface area contributed by atoms with Crippen molar-refractivity contribution in [3.8, 4) is 0 Å². The van der Waals surface area contributed by atoms with E-state index >= 15 is 0 Å². The fourth-order valence-corrected chi connectivity index (χ4v) is 2.62. The molecule has 112 valence electrons. The number of nitro groups is 1. The largest absolute Gasteiger partial charge is 0.481 e. The van der Waals surface area contributed by atoms with Crippen LogP contribution in [0.4, 0.5) is 5.69 Å². The van der Waals surface area contributed by atoms with Gasteiger partial charge in [0.2, 0.25) is 0 Å². The van der Waals surface area contributed by atoms with E-state index in [1.54, 1.807) is 0 Å². The molecule has 21 heavy (non-hydrogen) atoms. The van der Waals surface area contributed by atoms with Gasteiger partial charge >= 0.3 is 5.97 Å². The Balaban J connectivity index is 2.12. The van der Waals surface area contributed by atoms with Crippen molar-refractivity contribution in [3.05, 3.63) is 38.9 Å². The lowest BCUT2D eigenvalue weighted by atomic mass is 10.1. The molecule has 2 rings (SSSR count). The lowest BCUT2D eigenvalue weighted by molar-refractivity contribution is -0.385. The average Bonchev–Trinajstić information content (AvgIpc) is 2.86. The molecule has 0 bridgehead atoms. The first-order chi connectivity index (χ1) is 9.88. The summed E-state index contributed by atoms with van der Waals surface area (Å²) in [7, 11) is 0. The molecule has 1 aromatic carbocycles. The van der Waals surface area contributed by atoms with Gasteiger partial charge in [-0.1, -0.05) is 11.6 Å². The predicted octanol–water partition coefficient (Wildman–Crippen LogP) is 2.23. The molecule has 1 fully saturated rings. The highest BCUT2D eigenvalue weighted by Crippen LogP contribution is 2.27. The molecular formula is C13H13ClN2O5. The third-order valence-electron chi connectivity index (χ3n) is 3.52. The molecule has 1 aromatic rings. The summed E-state index contributed by atoms with van der Waals surface area (Å²) >= 11 is 5.77. The number of carboxylic acids is 1. The number of rotatable bonds is 4. The Labute approximate surface area is 125 Å². The first-order valence-electron chi connectivity index (χ1n) is 6.36. The number of amides is 1. The van der Waals surface area contributed by atoms with Crippen LogP contribution < -0.4 is 5.32 Å². The third-order valence-corrected chi connectivity index (χ3v) is 3.75. The summed E-state index contributed by atoms with van der Waals surface area (Å²) in [5.41, 5.74) is -0.448. The maximum Gasteiger partial charge on any atom is 0.306 e. The molecule has 1 aliphatic carbocycles. The highest BCUT2D eigenvalue weighted by atomic mass is 35.5. The molecule has 1 saturated carbocycles. The van der Waals surface area contributed by atoms with E-state index in [-0.39, 0.29) is 22.3 Å². The second kappa shape index (κ2) is 6.09. The number of carbonyl (C=O) groups excluding carboxylic acids is 1. The summed E-state index contributed by atoms with van der Waals surface area (Å²) in [6.07, 6.45) is 1.35. The van der Waals surface area contributed by atoms with Crippen molar-refractivity contribution >= 4 is 29.2 Å². The minimum atomic E-state index is -0.888. The van der Waals surface area contributed by atoms with Crippen LogP contribution in [0.15, 0.2) is 18.2 Å².